The van der Waals surface area contributed by atoms with Gasteiger partial charge in [0.1, 0.15) is 6.04 Å². The summed E-state index contributed by atoms with van der Waals surface area (Å²) in [5.74, 6) is -0.509. The number of anilines is 1. The molecule has 2 rings (SSSR count). The third-order valence-electron chi connectivity index (χ3n) is 3.38. The molecule has 1 heterocycles. The van der Waals surface area contributed by atoms with Crippen LogP contribution in [-0.2, 0) is 4.79 Å². The lowest BCUT2D eigenvalue weighted by atomic mass is 10.0. The molecule has 2 N–H and O–H groups in total. The fraction of sp³-hybridized carbons (Fsp3) is 0.294. The van der Waals surface area contributed by atoms with E-state index in [9.17, 15) is 9.59 Å². The minimum atomic E-state index is -0.641. The first kappa shape index (κ1) is 15.8. The molecule has 0 bridgehead atoms. The summed E-state index contributed by atoms with van der Waals surface area (Å²) in [6.45, 7) is 5.68. The smallest absolute Gasteiger partial charge is 0.287 e. The maximum atomic E-state index is 12.5. The molecular weight excluding hydrogens is 280 g/mol. The highest BCUT2D eigenvalue weighted by molar-refractivity contribution is 6.00. The highest BCUT2D eigenvalue weighted by Gasteiger charge is 2.25. The Hall–Kier alpha value is -2.56. The van der Waals surface area contributed by atoms with Crippen molar-refractivity contribution in [2.45, 2.75) is 26.8 Å². The van der Waals surface area contributed by atoms with E-state index >= 15 is 0 Å². The van der Waals surface area contributed by atoms with Crippen molar-refractivity contribution in [1.82, 2.24) is 5.32 Å². The molecule has 2 aromatic rings. The number of hydrogen-bond acceptors (Lipinski definition) is 3. The lowest BCUT2D eigenvalue weighted by molar-refractivity contribution is -0.118. The summed E-state index contributed by atoms with van der Waals surface area (Å²) in [6, 6.07) is 10.1. The monoisotopic (exact) mass is 300 g/mol. The standard InChI is InChI=1S/C17H20N2O3/c1-11(2)15(19-16(20)14-9-6-10-22-14)17(21)18-13-8-5-4-7-12(13)3/h4-11,15H,1-3H3,(H,18,21)(H,19,20). The molecule has 0 aliphatic rings. The van der Waals surface area contributed by atoms with Gasteiger partial charge in [0.15, 0.2) is 5.76 Å². The van der Waals surface area contributed by atoms with Gasteiger partial charge in [0.25, 0.3) is 5.91 Å². The highest BCUT2D eigenvalue weighted by atomic mass is 16.3. The van der Waals surface area contributed by atoms with Gasteiger partial charge in [-0.2, -0.15) is 0 Å². The summed E-state index contributed by atoms with van der Waals surface area (Å²) in [6.07, 6.45) is 1.42. The van der Waals surface area contributed by atoms with Crippen LogP contribution in [0, 0.1) is 12.8 Å². The van der Waals surface area contributed by atoms with Crippen molar-refractivity contribution < 1.29 is 14.0 Å². The van der Waals surface area contributed by atoms with Crippen LogP contribution >= 0.6 is 0 Å². The number of benzene rings is 1. The molecule has 1 aromatic carbocycles. The zero-order valence-corrected chi connectivity index (χ0v) is 12.9. The van der Waals surface area contributed by atoms with E-state index in [0.717, 1.165) is 11.3 Å². The molecule has 5 heteroatoms. The van der Waals surface area contributed by atoms with E-state index in [1.165, 1.54) is 6.26 Å². The van der Waals surface area contributed by atoms with Crippen LogP contribution in [0.3, 0.4) is 0 Å². The Labute approximate surface area is 129 Å². The third-order valence-corrected chi connectivity index (χ3v) is 3.38. The summed E-state index contributed by atoms with van der Waals surface area (Å²) >= 11 is 0. The number of para-hydroxylation sites is 1. The van der Waals surface area contributed by atoms with Gasteiger partial charge in [-0.05, 0) is 36.6 Å². The zero-order chi connectivity index (χ0) is 16.1. The summed E-state index contributed by atoms with van der Waals surface area (Å²) < 4.78 is 5.05. The maximum Gasteiger partial charge on any atom is 0.287 e. The Morgan fingerprint density at radius 1 is 1.09 bits per heavy atom. The van der Waals surface area contributed by atoms with Crippen LogP contribution in [0.1, 0.15) is 30.0 Å². The lowest BCUT2D eigenvalue weighted by Crippen LogP contribution is -2.47. The second-order valence-corrected chi connectivity index (χ2v) is 5.48. The molecule has 0 aliphatic heterocycles. The number of carbonyl (C=O) groups excluding carboxylic acids is 2. The third kappa shape index (κ3) is 3.75. The van der Waals surface area contributed by atoms with Crippen molar-refractivity contribution in [1.29, 1.82) is 0 Å². The van der Waals surface area contributed by atoms with Crippen LogP contribution in [0.15, 0.2) is 47.1 Å². The fourth-order valence-corrected chi connectivity index (χ4v) is 2.08. The van der Waals surface area contributed by atoms with E-state index < -0.39 is 11.9 Å². The molecule has 5 nitrogen and oxygen atoms in total. The van der Waals surface area contributed by atoms with Gasteiger partial charge in [-0.15, -0.1) is 0 Å². The molecule has 116 valence electrons. The molecule has 22 heavy (non-hydrogen) atoms. The van der Waals surface area contributed by atoms with Gasteiger partial charge in [0.2, 0.25) is 5.91 Å². The number of amides is 2. The Kier molecular flexibility index (Phi) is 4.99. The summed E-state index contributed by atoms with van der Waals surface area (Å²) in [5, 5.41) is 5.57. The predicted molar refractivity (Wildman–Crippen MR) is 84.6 cm³/mol. The van der Waals surface area contributed by atoms with E-state index in [-0.39, 0.29) is 17.6 Å². The zero-order valence-electron chi connectivity index (χ0n) is 12.9. The van der Waals surface area contributed by atoms with E-state index in [4.69, 9.17) is 4.42 Å². The van der Waals surface area contributed by atoms with Crippen molar-refractivity contribution in [2.24, 2.45) is 5.92 Å². The molecule has 0 spiro atoms. The van der Waals surface area contributed by atoms with Crippen LogP contribution in [-0.4, -0.2) is 17.9 Å². The molecule has 0 fully saturated rings. The molecule has 2 amide bonds. The number of hydrogen-bond donors (Lipinski definition) is 2. The second-order valence-electron chi connectivity index (χ2n) is 5.48. The minimum absolute atomic E-state index is 0.0528. The first-order chi connectivity index (χ1) is 10.5. The lowest BCUT2D eigenvalue weighted by Gasteiger charge is -2.21. The number of carbonyl (C=O) groups is 2. The van der Waals surface area contributed by atoms with E-state index in [1.807, 2.05) is 45.0 Å². The molecule has 0 saturated heterocycles. The van der Waals surface area contributed by atoms with Crippen molar-refractivity contribution in [3.05, 3.63) is 54.0 Å². The number of nitrogens with one attached hydrogen (secondary N) is 2. The average Bonchev–Trinajstić information content (AvgIpc) is 3.00. The quantitative estimate of drug-likeness (QED) is 0.891. The second kappa shape index (κ2) is 6.93. The Balaban J connectivity index is 2.09. The average molecular weight is 300 g/mol. The summed E-state index contributed by atoms with van der Waals surface area (Å²) in [4.78, 5) is 24.5. The highest BCUT2D eigenvalue weighted by Crippen LogP contribution is 2.15. The van der Waals surface area contributed by atoms with Gasteiger partial charge in [0, 0.05) is 5.69 Å². The Bertz CT molecular complexity index is 648. The van der Waals surface area contributed by atoms with Gasteiger partial charge < -0.3 is 15.1 Å². The van der Waals surface area contributed by atoms with Crippen molar-refractivity contribution in [2.75, 3.05) is 5.32 Å². The molecular formula is C17H20N2O3. The molecule has 0 aliphatic carbocycles. The van der Waals surface area contributed by atoms with Crippen LogP contribution in [0.4, 0.5) is 5.69 Å². The van der Waals surface area contributed by atoms with E-state index in [2.05, 4.69) is 10.6 Å². The predicted octanol–water partition coefficient (Wildman–Crippen LogP) is 2.98. The first-order valence-electron chi connectivity index (χ1n) is 7.20. The topological polar surface area (TPSA) is 71.3 Å². The van der Waals surface area contributed by atoms with Gasteiger partial charge in [-0.25, -0.2) is 0 Å². The van der Waals surface area contributed by atoms with Crippen molar-refractivity contribution >= 4 is 17.5 Å². The van der Waals surface area contributed by atoms with Crippen LogP contribution in [0.25, 0.3) is 0 Å². The first-order valence-corrected chi connectivity index (χ1v) is 7.20. The fourth-order valence-electron chi connectivity index (χ4n) is 2.08. The molecule has 0 saturated carbocycles. The van der Waals surface area contributed by atoms with Crippen LogP contribution in [0.2, 0.25) is 0 Å². The number of aryl methyl sites for hydroxylation is 1. The van der Waals surface area contributed by atoms with Gasteiger partial charge in [-0.3, -0.25) is 9.59 Å². The van der Waals surface area contributed by atoms with Crippen molar-refractivity contribution in [3.63, 3.8) is 0 Å². The van der Waals surface area contributed by atoms with E-state index in [1.54, 1.807) is 12.1 Å². The largest absolute Gasteiger partial charge is 0.459 e. The molecule has 1 aromatic heterocycles. The Morgan fingerprint density at radius 3 is 2.41 bits per heavy atom. The van der Waals surface area contributed by atoms with Crippen LogP contribution < -0.4 is 10.6 Å². The Morgan fingerprint density at radius 2 is 1.82 bits per heavy atom. The summed E-state index contributed by atoms with van der Waals surface area (Å²) in [7, 11) is 0. The number of rotatable bonds is 5. The summed E-state index contributed by atoms with van der Waals surface area (Å²) in [5.41, 5.74) is 1.71. The maximum absolute atomic E-state index is 12.5. The van der Waals surface area contributed by atoms with Gasteiger partial charge in [0.05, 0.1) is 6.26 Å². The normalized spacial score (nSPS) is 12.0. The number of furan rings is 1. The minimum Gasteiger partial charge on any atom is -0.459 e. The van der Waals surface area contributed by atoms with Gasteiger partial charge in [-0.1, -0.05) is 32.0 Å². The molecule has 1 unspecified atom stereocenters. The van der Waals surface area contributed by atoms with Crippen molar-refractivity contribution in [3.8, 4) is 0 Å². The van der Waals surface area contributed by atoms with Gasteiger partial charge >= 0.3 is 0 Å². The van der Waals surface area contributed by atoms with Crippen LogP contribution in [0.5, 0.6) is 0 Å². The molecule has 0 radical (unpaired) electrons. The SMILES string of the molecule is Cc1ccccc1NC(=O)C(NC(=O)c1ccco1)C(C)C. The molecule has 1 atom stereocenters. The van der Waals surface area contributed by atoms with E-state index in [0.29, 0.717) is 0 Å².